The Morgan fingerprint density at radius 2 is 1.73 bits per heavy atom. The van der Waals surface area contributed by atoms with Crippen LogP contribution in [0.1, 0.15) is 25.5 Å². The standard InChI is InChI=1S/C15H20F3N3O4S/c1-3-21(4-2)26(24,25)12-11(10-8-6-5-7-9-10)19-13(22)20-14(12,23)15(16,17)18/h5-9,11-12,23H,3-4H2,1-2H3,(H2,19,20,22)/t11-,12-,14+/m1/s1. The number of carbonyl (C=O) groups excluding carboxylic acids is 1. The second-order valence-corrected chi connectivity index (χ2v) is 7.85. The molecule has 0 saturated carbocycles. The van der Waals surface area contributed by atoms with Gasteiger partial charge in [0, 0.05) is 13.1 Å². The van der Waals surface area contributed by atoms with Crippen molar-refractivity contribution < 1.29 is 31.5 Å². The zero-order valence-electron chi connectivity index (χ0n) is 14.1. The van der Waals surface area contributed by atoms with Crippen molar-refractivity contribution in [3.8, 4) is 0 Å². The van der Waals surface area contributed by atoms with Crippen LogP contribution in [0.5, 0.6) is 0 Å². The Labute approximate surface area is 149 Å². The Bertz CT molecular complexity index is 753. The van der Waals surface area contributed by atoms with E-state index in [-0.39, 0.29) is 18.7 Å². The largest absolute Gasteiger partial charge is 0.438 e. The van der Waals surface area contributed by atoms with E-state index in [1.807, 2.05) is 0 Å². The predicted molar refractivity (Wildman–Crippen MR) is 87.5 cm³/mol. The van der Waals surface area contributed by atoms with E-state index in [9.17, 15) is 31.5 Å². The number of amides is 2. The van der Waals surface area contributed by atoms with Crippen LogP contribution >= 0.6 is 0 Å². The lowest BCUT2D eigenvalue weighted by molar-refractivity contribution is -0.273. The Morgan fingerprint density at radius 3 is 2.19 bits per heavy atom. The van der Waals surface area contributed by atoms with Gasteiger partial charge in [-0.1, -0.05) is 44.2 Å². The van der Waals surface area contributed by atoms with Gasteiger partial charge < -0.3 is 15.7 Å². The van der Waals surface area contributed by atoms with Crippen LogP contribution in [0.25, 0.3) is 0 Å². The highest BCUT2D eigenvalue weighted by atomic mass is 32.2. The highest BCUT2D eigenvalue weighted by Crippen LogP contribution is 2.42. The molecular weight excluding hydrogens is 375 g/mol. The molecule has 1 aromatic rings. The van der Waals surface area contributed by atoms with Gasteiger partial charge in [-0.3, -0.25) is 0 Å². The van der Waals surface area contributed by atoms with Gasteiger partial charge in [0.25, 0.3) is 5.72 Å². The molecule has 0 radical (unpaired) electrons. The average molecular weight is 395 g/mol. The quantitative estimate of drug-likeness (QED) is 0.701. The summed E-state index contributed by atoms with van der Waals surface area (Å²) < 4.78 is 67.8. The third-order valence-corrected chi connectivity index (χ3v) is 6.77. The van der Waals surface area contributed by atoms with E-state index in [0.717, 1.165) is 4.31 Å². The lowest BCUT2D eigenvalue weighted by atomic mass is 9.93. The molecular formula is C15H20F3N3O4S. The number of nitrogens with one attached hydrogen (secondary N) is 2. The predicted octanol–water partition coefficient (Wildman–Crippen LogP) is 1.33. The number of hydrogen-bond acceptors (Lipinski definition) is 4. The Morgan fingerprint density at radius 1 is 1.19 bits per heavy atom. The van der Waals surface area contributed by atoms with Gasteiger partial charge in [-0.15, -0.1) is 0 Å². The number of aliphatic hydroxyl groups is 1. The van der Waals surface area contributed by atoms with Gasteiger partial charge in [0.15, 0.2) is 5.25 Å². The smallest absolute Gasteiger partial charge is 0.362 e. The third kappa shape index (κ3) is 3.38. The van der Waals surface area contributed by atoms with Crippen LogP contribution in [0.4, 0.5) is 18.0 Å². The molecule has 1 heterocycles. The van der Waals surface area contributed by atoms with Gasteiger partial charge in [0.05, 0.1) is 6.04 Å². The summed E-state index contributed by atoms with van der Waals surface area (Å²) in [4.78, 5) is 11.8. The maximum Gasteiger partial charge on any atom is 0.438 e. The second kappa shape index (κ2) is 7.05. The summed E-state index contributed by atoms with van der Waals surface area (Å²) in [6, 6.07) is 4.45. The first-order valence-electron chi connectivity index (χ1n) is 7.90. The molecule has 1 saturated heterocycles. The summed E-state index contributed by atoms with van der Waals surface area (Å²) >= 11 is 0. The van der Waals surface area contributed by atoms with Crippen molar-refractivity contribution in [1.82, 2.24) is 14.9 Å². The molecule has 1 aliphatic rings. The Kier molecular flexibility index (Phi) is 5.54. The van der Waals surface area contributed by atoms with Gasteiger partial charge in [0.2, 0.25) is 10.0 Å². The molecule has 1 aliphatic heterocycles. The van der Waals surface area contributed by atoms with E-state index >= 15 is 0 Å². The zero-order valence-corrected chi connectivity index (χ0v) is 14.9. The van der Waals surface area contributed by atoms with Crippen LogP contribution in [0.2, 0.25) is 0 Å². The molecule has 11 heteroatoms. The van der Waals surface area contributed by atoms with Gasteiger partial charge in [0.1, 0.15) is 0 Å². The van der Waals surface area contributed by atoms with Crippen LogP contribution in [0.15, 0.2) is 30.3 Å². The molecule has 2 rings (SSSR count). The minimum atomic E-state index is -5.41. The number of urea groups is 1. The van der Waals surface area contributed by atoms with Crippen LogP contribution in [0.3, 0.4) is 0 Å². The zero-order chi connectivity index (χ0) is 19.8. The summed E-state index contributed by atoms with van der Waals surface area (Å²) in [5, 5.41) is 11.5. The minimum Gasteiger partial charge on any atom is -0.362 e. The van der Waals surface area contributed by atoms with Crippen LogP contribution < -0.4 is 10.6 Å². The first kappa shape index (κ1) is 20.5. The van der Waals surface area contributed by atoms with Crippen molar-refractivity contribution in [2.45, 2.75) is 37.0 Å². The maximum absolute atomic E-state index is 13.7. The Hall–Kier alpha value is -1.85. The molecule has 0 aromatic heterocycles. The molecule has 1 fully saturated rings. The van der Waals surface area contributed by atoms with Crippen LogP contribution in [-0.4, -0.2) is 54.1 Å². The molecule has 3 atom stereocenters. The lowest BCUT2D eigenvalue weighted by Crippen LogP contribution is -2.76. The fraction of sp³-hybridized carbons (Fsp3) is 0.533. The van der Waals surface area contributed by atoms with Gasteiger partial charge in [-0.2, -0.15) is 13.2 Å². The fourth-order valence-corrected chi connectivity index (χ4v) is 5.25. The molecule has 2 amide bonds. The lowest BCUT2D eigenvalue weighted by Gasteiger charge is -2.46. The Balaban J connectivity index is 2.71. The van der Waals surface area contributed by atoms with Crippen molar-refractivity contribution in [1.29, 1.82) is 0 Å². The number of benzene rings is 1. The summed E-state index contributed by atoms with van der Waals surface area (Å²) in [7, 11) is -4.65. The number of sulfonamides is 1. The molecule has 0 bridgehead atoms. The van der Waals surface area contributed by atoms with E-state index in [1.54, 1.807) is 6.07 Å². The van der Waals surface area contributed by atoms with E-state index in [4.69, 9.17) is 0 Å². The van der Waals surface area contributed by atoms with Crippen LogP contribution in [0, 0.1) is 0 Å². The monoisotopic (exact) mass is 395 g/mol. The number of nitrogens with zero attached hydrogens (tertiary/aromatic N) is 1. The highest BCUT2D eigenvalue weighted by molar-refractivity contribution is 7.89. The molecule has 0 aliphatic carbocycles. The normalized spacial score (nSPS) is 27.1. The number of halogens is 3. The van der Waals surface area contributed by atoms with E-state index in [2.05, 4.69) is 5.32 Å². The molecule has 0 unspecified atom stereocenters. The van der Waals surface area contributed by atoms with E-state index < -0.39 is 39.2 Å². The third-order valence-electron chi connectivity index (χ3n) is 4.28. The molecule has 7 nitrogen and oxygen atoms in total. The summed E-state index contributed by atoms with van der Waals surface area (Å²) in [6.07, 6.45) is -5.41. The fourth-order valence-electron chi connectivity index (χ4n) is 3.02. The van der Waals surface area contributed by atoms with Crippen molar-refractivity contribution in [2.24, 2.45) is 0 Å². The molecule has 0 spiro atoms. The first-order chi connectivity index (χ1) is 12.0. The number of carbonyl (C=O) groups is 1. The average Bonchev–Trinajstić information content (AvgIpc) is 2.54. The number of alkyl halides is 3. The number of hydrogen-bond donors (Lipinski definition) is 3. The van der Waals surface area contributed by atoms with Crippen molar-refractivity contribution in [3.05, 3.63) is 35.9 Å². The van der Waals surface area contributed by atoms with Crippen LogP contribution in [-0.2, 0) is 10.0 Å². The summed E-state index contributed by atoms with van der Waals surface area (Å²) in [6.45, 7) is 2.78. The summed E-state index contributed by atoms with van der Waals surface area (Å²) in [5.74, 6) is 0. The maximum atomic E-state index is 13.7. The SMILES string of the molecule is CCN(CC)S(=O)(=O)[C@@H]1[C@@H](c2ccccc2)NC(=O)N[C@@]1(O)C(F)(F)F. The van der Waals surface area contributed by atoms with Crippen molar-refractivity contribution in [3.63, 3.8) is 0 Å². The molecule has 146 valence electrons. The topological polar surface area (TPSA) is 98.7 Å². The molecule has 1 aromatic carbocycles. The highest BCUT2D eigenvalue weighted by Gasteiger charge is 2.68. The van der Waals surface area contributed by atoms with E-state index in [0.29, 0.717) is 0 Å². The minimum absolute atomic E-state index is 0.0846. The summed E-state index contributed by atoms with van der Waals surface area (Å²) in [5.41, 5.74) is -3.82. The van der Waals surface area contributed by atoms with E-state index in [1.165, 1.54) is 43.4 Å². The van der Waals surface area contributed by atoms with Gasteiger partial charge in [-0.25, -0.2) is 17.5 Å². The van der Waals surface area contributed by atoms with Crippen molar-refractivity contribution >= 4 is 16.1 Å². The second-order valence-electron chi connectivity index (χ2n) is 5.80. The van der Waals surface area contributed by atoms with Crippen molar-refractivity contribution in [2.75, 3.05) is 13.1 Å². The molecule has 3 N–H and O–H groups in total. The first-order valence-corrected chi connectivity index (χ1v) is 9.41. The van der Waals surface area contributed by atoms with Gasteiger partial charge >= 0.3 is 12.2 Å². The van der Waals surface area contributed by atoms with Gasteiger partial charge in [-0.05, 0) is 5.56 Å². The number of rotatable bonds is 5. The molecule has 26 heavy (non-hydrogen) atoms.